The van der Waals surface area contributed by atoms with Gasteiger partial charge < -0.3 is 11.1 Å². The van der Waals surface area contributed by atoms with Gasteiger partial charge in [0.25, 0.3) is 0 Å². The number of aryl methyl sites for hydroxylation is 2. The molecule has 0 fully saturated rings. The van der Waals surface area contributed by atoms with Gasteiger partial charge >= 0.3 is 0 Å². The number of amides is 1. The molecule has 0 aliphatic carbocycles. The van der Waals surface area contributed by atoms with Gasteiger partial charge in [0.15, 0.2) is 5.65 Å². The molecule has 0 bridgehead atoms. The summed E-state index contributed by atoms with van der Waals surface area (Å²) < 4.78 is 3.66. The molecule has 0 radical (unpaired) electrons. The monoisotopic (exact) mass is 250 g/mol. The Hall–Kier alpha value is -2.05. The summed E-state index contributed by atoms with van der Waals surface area (Å²) in [5.41, 5.74) is 8.59. The second kappa shape index (κ2) is 4.67. The first-order valence-electron chi connectivity index (χ1n) is 5.96. The summed E-state index contributed by atoms with van der Waals surface area (Å²) in [5.74, 6) is 0.405. The fourth-order valence-corrected chi connectivity index (χ4v) is 2.06. The van der Waals surface area contributed by atoms with Crippen LogP contribution in [0.2, 0.25) is 0 Å². The van der Waals surface area contributed by atoms with E-state index in [2.05, 4.69) is 15.4 Å². The zero-order valence-corrected chi connectivity index (χ0v) is 10.9. The van der Waals surface area contributed by atoms with Gasteiger partial charge in [0, 0.05) is 27.1 Å². The smallest absolute Gasteiger partial charge is 0.216 e. The van der Waals surface area contributed by atoms with Crippen LogP contribution in [-0.2, 0) is 24.8 Å². The van der Waals surface area contributed by atoms with E-state index in [-0.39, 0.29) is 5.91 Å². The maximum atomic E-state index is 10.9. The lowest BCUT2D eigenvalue weighted by molar-refractivity contribution is -0.118. The Balaban J connectivity index is 2.34. The summed E-state index contributed by atoms with van der Waals surface area (Å²) in [4.78, 5) is 15.2. The minimum absolute atomic E-state index is 0.0517. The number of nitrogens with two attached hydrogens (primary N) is 1. The molecule has 2 aromatic rings. The van der Waals surface area contributed by atoms with Gasteiger partial charge in [-0.2, -0.15) is 5.10 Å². The van der Waals surface area contributed by atoms with E-state index in [1.807, 2.05) is 18.5 Å². The standard InChI is InChI=1S/C11H18N6O/c1-4-8-9-10(16(3)15-8)17(11(12)14-9)6-5-13-7(2)18/h4-6H2,1-3H3,(H2,12,14)(H,13,18). The lowest BCUT2D eigenvalue weighted by Gasteiger charge is -2.07. The molecule has 0 aromatic carbocycles. The van der Waals surface area contributed by atoms with E-state index < -0.39 is 0 Å². The van der Waals surface area contributed by atoms with Crippen LogP contribution in [-0.4, -0.2) is 31.8 Å². The van der Waals surface area contributed by atoms with Crippen molar-refractivity contribution in [2.24, 2.45) is 7.05 Å². The first-order chi connectivity index (χ1) is 8.54. The lowest BCUT2D eigenvalue weighted by atomic mass is 10.3. The minimum atomic E-state index is -0.0517. The number of hydrogen-bond donors (Lipinski definition) is 2. The van der Waals surface area contributed by atoms with E-state index in [0.717, 1.165) is 23.3 Å². The fourth-order valence-electron chi connectivity index (χ4n) is 2.06. The summed E-state index contributed by atoms with van der Waals surface area (Å²) >= 11 is 0. The van der Waals surface area contributed by atoms with E-state index in [4.69, 9.17) is 5.73 Å². The number of hydrogen-bond acceptors (Lipinski definition) is 4. The highest BCUT2D eigenvalue weighted by atomic mass is 16.1. The molecular weight excluding hydrogens is 232 g/mol. The SMILES string of the molecule is CCc1nn(C)c2c1nc(N)n2CCNC(C)=O. The van der Waals surface area contributed by atoms with Gasteiger partial charge in [0.05, 0.1) is 5.69 Å². The molecule has 2 heterocycles. The summed E-state index contributed by atoms with van der Waals surface area (Å²) in [6, 6.07) is 0. The first-order valence-corrected chi connectivity index (χ1v) is 5.96. The van der Waals surface area contributed by atoms with Gasteiger partial charge in [-0.05, 0) is 6.42 Å². The topological polar surface area (TPSA) is 90.8 Å². The number of rotatable bonds is 4. The molecule has 0 unspecified atom stereocenters. The van der Waals surface area contributed by atoms with Crippen molar-refractivity contribution in [3.8, 4) is 0 Å². The third-order valence-corrected chi connectivity index (χ3v) is 2.87. The van der Waals surface area contributed by atoms with Crippen molar-refractivity contribution in [1.82, 2.24) is 24.6 Å². The summed E-state index contributed by atoms with van der Waals surface area (Å²) in [6.45, 7) is 4.64. The average molecular weight is 250 g/mol. The van der Waals surface area contributed by atoms with Crippen LogP contribution >= 0.6 is 0 Å². The van der Waals surface area contributed by atoms with Crippen LogP contribution in [0.4, 0.5) is 5.95 Å². The van der Waals surface area contributed by atoms with Crippen molar-refractivity contribution in [3.05, 3.63) is 5.69 Å². The Bertz CT molecular complexity index is 582. The Kier molecular flexibility index (Phi) is 3.22. The number of anilines is 1. The van der Waals surface area contributed by atoms with Crippen molar-refractivity contribution >= 4 is 23.0 Å². The van der Waals surface area contributed by atoms with Crippen LogP contribution in [0.1, 0.15) is 19.5 Å². The molecule has 2 aromatic heterocycles. The molecule has 0 aliphatic heterocycles. The van der Waals surface area contributed by atoms with Gasteiger partial charge in [0.2, 0.25) is 11.9 Å². The number of nitrogens with one attached hydrogen (secondary N) is 1. The zero-order chi connectivity index (χ0) is 13.3. The predicted molar refractivity (Wildman–Crippen MR) is 69.0 cm³/mol. The molecule has 0 saturated carbocycles. The van der Waals surface area contributed by atoms with Gasteiger partial charge in [-0.1, -0.05) is 6.92 Å². The summed E-state index contributed by atoms with van der Waals surface area (Å²) in [6.07, 6.45) is 0.819. The molecular formula is C11H18N6O. The van der Waals surface area contributed by atoms with Crippen molar-refractivity contribution < 1.29 is 4.79 Å². The van der Waals surface area contributed by atoms with Gasteiger partial charge in [-0.25, -0.2) is 4.98 Å². The second-order valence-corrected chi connectivity index (χ2v) is 4.20. The summed E-state index contributed by atoms with van der Waals surface area (Å²) in [7, 11) is 1.87. The van der Waals surface area contributed by atoms with Crippen molar-refractivity contribution in [2.75, 3.05) is 12.3 Å². The fraction of sp³-hybridized carbons (Fsp3) is 0.545. The van der Waals surface area contributed by atoms with E-state index in [1.165, 1.54) is 6.92 Å². The maximum Gasteiger partial charge on any atom is 0.216 e. The molecule has 0 aliphatic rings. The van der Waals surface area contributed by atoms with Crippen LogP contribution in [0.5, 0.6) is 0 Å². The summed E-state index contributed by atoms with van der Waals surface area (Å²) in [5, 5.41) is 7.15. The van der Waals surface area contributed by atoms with Gasteiger partial charge in [-0.15, -0.1) is 0 Å². The molecule has 98 valence electrons. The molecule has 18 heavy (non-hydrogen) atoms. The molecule has 2 rings (SSSR count). The number of nitrogen functional groups attached to an aromatic ring is 1. The molecule has 3 N–H and O–H groups in total. The molecule has 0 saturated heterocycles. The maximum absolute atomic E-state index is 10.9. The van der Waals surface area contributed by atoms with Crippen LogP contribution in [0, 0.1) is 0 Å². The lowest BCUT2D eigenvalue weighted by Crippen LogP contribution is -2.25. The number of carbonyl (C=O) groups excluding carboxylic acids is 1. The van der Waals surface area contributed by atoms with Crippen LogP contribution in [0.15, 0.2) is 0 Å². The van der Waals surface area contributed by atoms with E-state index >= 15 is 0 Å². The predicted octanol–water partition coefficient (Wildman–Crippen LogP) is 0.0505. The molecule has 1 amide bonds. The minimum Gasteiger partial charge on any atom is -0.369 e. The largest absolute Gasteiger partial charge is 0.369 e. The quantitative estimate of drug-likeness (QED) is 0.802. The third kappa shape index (κ3) is 2.03. The number of imidazole rings is 1. The highest BCUT2D eigenvalue weighted by Crippen LogP contribution is 2.20. The first kappa shape index (κ1) is 12.4. The highest BCUT2D eigenvalue weighted by Gasteiger charge is 2.16. The Morgan fingerprint density at radius 2 is 2.22 bits per heavy atom. The molecule has 0 spiro atoms. The van der Waals surface area contributed by atoms with Crippen LogP contribution in [0.25, 0.3) is 11.2 Å². The van der Waals surface area contributed by atoms with Gasteiger partial charge in [-0.3, -0.25) is 14.0 Å². The Morgan fingerprint density at radius 3 is 2.83 bits per heavy atom. The Morgan fingerprint density at radius 1 is 1.50 bits per heavy atom. The van der Waals surface area contributed by atoms with Crippen molar-refractivity contribution in [1.29, 1.82) is 0 Å². The zero-order valence-electron chi connectivity index (χ0n) is 10.9. The number of aromatic nitrogens is 4. The van der Waals surface area contributed by atoms with E-state index in [1.54, 1.807) is 4.68 Å². The average Bonchev–Trinajstić information content (AvgIpc) is 2.77. The molecule has 0 atom stereocenters. The normalized spacial score (nSPS) is 11.1. The van der Waals surface area contributed by atoms with E-state index in [9.17, 15) is 4.79 Å². The second-order valence-electron chi connectivity index (χ2n) is 4.20. The number of nitrogens with zero attached hydrogens (tertiary/aromatic N) is 4. The van der Waals surface area contributed by atoms with Crippen LogP contribution in [0.3, 0.4) is 0 Å². The molecule has 7 heteroatoms. The Labute approximate surface area is 105 Å². The van der Waals surface area contributed by atoms with Crippen molar-refractivity contribution in [3.63, 3.8) is 0 Å². The molecule has 7 nitrogen and oxygen atoms in total. The van der Waals surface area contributed by atoms with Gasteiger partial charge in [0.1, 0.15) is 5.52 Å². The van der Waals surface area contributed by atoms with E-state index in [0.29, 0.717) is 19.0 Å². The third-order valence-electron chi connectivity index (χ3n) is 2.87. The number of fused-ring (bicyclic) bond motifs is 1. The van der Waals surface area contributed by atoms with Crippen molar-refractivity contribution in [2.45, 2.75) is 26.8 Å². The number of carbonyl (C=O) groups is 1. The van der Waals surface area contributed by atoms with Crippen LogP contribution < -0.4 is 11.1 Å². The highest BCUT2D eigenvalue weighted by molar-refractivity contribution is 5.77.